The molecule has 4 N–H and O–H groups in total. The molecule has 0 radical (unpaired) electrons. The van der Waals surface area contributed by atoms with Crippen LogP contribution >= 0.6 is 0 Å². The summed E-state index contributed by atoms with van der Waals surface area (Å²) in [6.45, 7) is 8.88. The molecule has 0 aromatic carbocycles. The number of pyridine rings is 1. The molecule has 0 fully saturated rings. The number of hydrogen-bond acceptors (Lipinski definition) is 4. The third kappa shape index (κ3) is 3.67. The maximum Gasteiger partial charge on any atom is 0.126 e. The van der Waals surface area contributed by atoms with Crippen molar-refractivity contribution in [3.8, 4) is 0 Å². The van der Waals surface area contributed by atoms with Gasteiger partial charge in [0.05, 0.1) is 16.9 Å². The second-order valence-electron chi connectivity index (χ2n) is 5.02. The Morgan fingerprint density at radius 1 is 1.47 bits per heavy atom. The first-order valence-electron chi connectivity index (χ1n) is 6.58. The first-order chi connectivity index (χ1) is 8.88. The lowest BCUT2D eigenvalue weighted by Gasteiger charge is -2.31. The average Bonchev–Trinajstić information content (AvgIpc) is 2.27. The summed E-state index contributed by atoms with van der Waals surface area (Å²) < 4.78 is 0. The van der Waals surface area contributed by atoms with Gasteiger partial charge in [0.1, 0.15) is 5.84 Å². The standard InChI is InChI=1S/C14H24N4O/c1-9(2)18(6-5-7-19)12-8-10(3)17-11(4)13(12)14(15)16/h8-9,19H,5-7H2,1-4H3,(H3,15,16). The number of nitrogens with zero attached hydrogens (tertiary/aromatic N) is 2. The van der Waals surface area contributed by atoms with Gasteiger partial charge >= 0.3 is 0 Å². The molecule has 106 valence electrons. The smallest absolute Gasteiger partial charge is 0.126 e. The predicted molar refractivity (Wildman–Crippen MR) is 78.9 cm³/mol. The molecule has 19 heavy (non-hydrogen) atoms. The van der Waals surface area contributed by atoms with E-state index in [2.05, 4.69) is 23.7 Å². The molecule has 0 aliphatic heterocycles. The van der Waals surface area contributed by atoms with Crippen molar-refractivity contribution in [3.05, 3.63) is 23.0 Å². The van der Waals surface area contributed by atoms with Gasteiger partial charge in [-0.3, -0.25) is 10.4 Å². The highest BCUT2D eigenvalue weighted by molar-refractivity contribution is 6.01. The van der Waals surface area contributed by atoms with Crippen molar-refractivity contribution in [3.63, 3.8) is 0 Å². The Labute approximate surface area is 115 Å². The van der Waals surface area contributed by atoms with Gasteiger partial charge in [-0.25, -0.2) is 0 Å². The lowest BCUT2D eigenvalue weighted by atomic mass is 10.1. The van der Waals surface area contributed by atoms with Crippen molar-refractivity contribution >= 4 is 11.5 Å². The summed E-state index contributed by atoms with van der Waals surface area (Å²) in [5.41, 5.74) is 9.01. The van der Waals surface area contributed by atoms with E-state index in [0.29, 0.717) is 12.0 Å². The molecule has 0 unspecified atom stereocenters. The predicted octanol–water partition coefficient (Wildman–Crippen LogP) is 1.58. The van der Waals surface area contributed by atoms with Crippen LogP contribution in [0.1, 0.15) is 37.2 Å². The summed E-state index contributed by atoms with van der Waals surface area (Å²) in [5.74, 6) is 0.0367. The molecule has 0 aliphatic carbocycles. The summed E-state index contributed by atoms with van der Waals surface area (Å²) in [6.07, 6.45) is 0.690. The van der Waals surface area contributed by atoms with Gasteiger partial charge in [0.15, 0.2) is 0 Å². The van der Waals surface area contributed by atoms with Crippen LogP contribution in [0.4, 0.5) is 5.69 Å². The first-order valence-corrected chi connectivity index (χ1v) is 6.58. The van der Waals surface area contributed by atoms with Gasteiger partial charge in [0, 0.05) is 24.9 Å². The highest BCUT2D eigenvalue weighted by Crippen LogP contribution is 2.25. The molecule has 1 aromatic rings. The second kappa shape index (κ2) is 6.52. The zero-order valence-corrected chi connectivity index (χ0v) is 12.2. The van der Waals surface area contributed by atoms with Crippen LogP contribution in [0.15, 0.2) is 6.07 Å². The van der Waals surface area contributed by atoms with Crippen LogP contribution in [0.3, 0.4) is 0 Å². The minimum Gasteiger partial charge on any atom is -0.396 e. The molecule has 0 saturated carbocycles. The number of aromatic nitrogens is 1. The van der Waals surface area contributed by atoms with Crippen molar-refractivity contribution in [2.24, 2.45) is 5.73 Å². The van der Waals surface area contributed by atoms with Crippen LogP contribution in [0.2, 0.25) is 0 Å². The molecule has 0 saturated heterocycles. The summed E-state index contributed by atoms with van der Waals surface area (Å²) in [5, 5.41) is 16.8. The van der Waals surface area contributed by atoms with Crippen molar-refractivity contribution in [2.45, 2.75) is 40.2 Å². The van der Waals surface area contributed by atoms with E-state index >= 15 is 0 Å². The van der Waals surface area contributed by atoms with Crippen LogP contribution in [0.25, 0.3) is 0 Å². The van der Waals surface area contributed by atoms with Gasteiger partial charge in [-0.2, -0.15) is 0 Å². The number of nitrogen functional groups attached to an aromatic ring is 1. The van der Waals surface area contributed by atoms with Gasteiger partial charge < -0.3 is 15.7 Å². The quantitative estimate of drug-likeness (QED) is 0.538. The van der Waals surface area contributed by atoms with Crippen molar-refractivity contribution in [2.75, 3.05) is 18.1 Å². The van der Waals surface area contributed by atoms with Crippen molar-refractivity contribution in [1.29, 1.82) is 5.41 Å². The third-order valence-corrected chi connectivity index (χ3v) is 3.07. The van der Waals surface area contributed by atoms with E-state index in [0.717, 1.165) is 23.6 Å². The van der Waals surface area contributed by atoms with Crippen LogP contribution in [-0.4, -0.2) is 35.1 Å². The number of nitrogens with two attached hydrogens (primary N) is 1. The Bertz CT molecular complexity index is 457. The zero-order chi connectivity index (χ0) is 14.6. The molecule has 1 heterocycles. The number of nitrogens with one attached hydrogen (secondary N) is 1. The largest absolute Gasteiger partial charge is 0.396 e. The average molecular weight is 264 g/mol. The van der Waals surface area contributed by atoms with Gasteiger partial charge in [-0.15, -0.1) is 0 Å². The van der Waals surface area contributed by atoms with Crippen LogP contribution in [0.5, 0.6) is 0 Å². The van der Waals surface area contributed by atoms with Crippen molar-refractivity contribution in [1.82, 2.24) is 4.98 Å². The van der Waals surface area contributed by atoms with E-state index in [9.17, 15) is 0 Å². The van der Waals surface area contributed by atoms with Crippen LogP contribution in [-0.2, 0) is 0 Å². The van der Waals surface area contributed by atoms with Gasteiger partial charge in [0.2, 0.25) is 0 Å². The molecule has 1 aromatic heterocycles. The fraction of sp³-hybridized carbons (Fsp3) is 0.571. The van der Waals surface area contributed by atoms with E-state index in [1.807, 2.05) is 19.9 Å². The summed E-state index contributed by atoms with van der Waals surface area (Å²) in [6, 6.07) is 2.23. The maximum absolute atomic E-state index is 9.03. The lowest BCUT2D eigenvalue weighted by Crippen LogP contribution is -2.34. The molecular formula is C14H24N4O. The van der Waals surface area contributed by atoms with Gasteiger partial charge in [0.25, 0.3) is 0 Å². The van der Waals surface area contributed by atoms with E-state index in [4.69, 9.17) is 16.2 Å². The number of aliphatic hydroxyl groups excluding tert-OH is 1. The molecular weight excluding hydrogens is 240 g/mol. The summed E-state index contributed by atoms with van der Waals surface area (Å²) in [4.78, 5) is 6.54. The minimum atomic E-state index is 0.0367. The molecule has 5 nitrogen and oxygen atoms in total. The summed E-state index contributed by atoms with van der Waals surface area (Å²) in [7, 11) is 0. The van der Waals surface area contributed by atoms with E-state index < -0.39 is 0 Å². The monoisotopic (exact) mass is 264 g/mol. The first kappa shape index (κ1) is 15.4. The topological polar surface area (TPSA) is 86.2 Å². The molecule has 0 spiro atoms. The number of amidine groups is 1. The van der Waals surface area contributed by atoms with E-state index in [1.165, 1.54) is 0 Å². The third-order valence-electron chi connectivity index (χ3n) is 3.07. The molecule has 5 heteroatoms. The summed E-state index contributed by atoms with van der Waals surface area (Å²) >= 11 is 0. The lowest BCUT2D eigenvalue weighted by molar-refractivity contribution is 0.288. The van der Waals surface area contributed by atoms with Gasteiger partial charge in [-0.05, 0) is 40.2 Å². The highest BCUT2D eigenvalue weighted by Gasteiger charge is 2.18. The van der Waals surface area contributed by atoms with Crippen LogP contribution in [0, 0.1) is 19.3 Å². The Morgan fingerprint density at radius 2 is 2.11 bits per heavy atom. The van der Waals surface area contributed by atoms with E-state index in [-0.39, 0.29) is 18.5 Å². The number of aliphatic hydroxyl groups is 1. The van der Waals surface area contributed by atoms with Crippen LogP contribution < -0.4 is 10.6 Å². The Balaban J connectivity index is 3.31. The highest BCUT2D eigenvalue weighted by atomic mass is 16.3. The van der Waals surface area contributed by atoms with E-state index in [1.54, 1.807) is 0 Å². The molecule has 0 aliphatic rings. The number of rotatable bonds is 6. The SMILES string of the molecule is Cc1cc(N(CCCO)C(C)C)c(C(=N)N)c(C)n1. The minimum absolute atomic E-state index is 0.0367. The normalized spacial score (nSPS) is 10.8. The number of hydrogen-bond donors (Lipinski definition) is 3. The Kier molecular flexibility index (Phi) is 5.30. The van der Waals surface area contributed by atoms with Crippen molar-refractivity contribution < 1.29 is 5.11 Å². The fourth-order valence-electron chi connectivity index (χ4n) is 2.27. The van der Waals surface area contributed by atoms with Gasteiger partial charge in [-0.1, -0.05) is 0 Å². The number of aryl methyl sites for hydroxylation is 2. The molecule has 0 bridgehead atoms. The Morgan fingerprint density at radius 3 is 2.58 bits per heavy atom. The Hall–Kier alpha value is -1.62. The number of anilines is 1. The fourth-order valence-corrected chi connectivity index (χ4v) is 2.27. The molecule has 1 rings (SSSR count). The maximum atomic E-state index is 9.03. The second-order valence-corrected chi connectivity index (χ2v) is 5.02. The molecule has 0 amide bonds. The zero-order valence-electron chi connectivity index (χ0n) is 12.2. The molecule has 0 atom stereocenters.